The number of hydrazine groups is 2. The van der Waals surface area contributed by atoms with Crippen molar-refractivity contribution in [1.82, 2.24) is 50.9 Å². The molecule has 1 aliphatic carbocycles. The smallest absolute Gasteiger partial charge is 0.426 e. The summed E-state index contributed by atoms with van der Waals surface area (Å²) in [7, 11) is 0. The average molecular weight is 795 g/mol. The first-order valence-electron chi connectivity index (χ1n) is 15.0. The summed E-state index contributed by atoms with van der Waals surface area (Å²) >= 11 is 6.62. The molecular formula is C30H38Br2N10O6. The maximum atomic E-state index is 12.4. The van der Waals surface area contributed by atoms with E-state index in [4.69, 9.17) is 9.47 Å². The minimum Gasteiger partial charge on any atom is -0.443 e. The molecule has 4 aromatic heterocycles. The van der Waals surface area contributed by atoms with Crippen molar-refractivity contribution < 1.29 is 28.7 Å². The normalized spacial score (nSPS) is 13.6. The Morgan fingerprint density at radius 3 is 1.62 bits per heavy atom. The van der Waals surface area contributed by atoms with Crippen LogP contribution in [0.1, 0.15) is 101 Å². The number of nitrogens with zero attached hydrogens (tertiary/aromatic N) is 6. The van der Waals surface area contributed by atoms with Crippen LogP contribution in [0.5, 0.6) is 0 Å². The van der Waals surface area contributed by atoms with E-state index in [1.165, 1.54) is 0 Å². The molecule has 1 fully saturated rings. The summed E-state index contributed by atoms with van der Waals surface area (Å²) < 4.78 is 14.8. The summed E-state index contributed by atoms with van der Waals surface area (Å²) in [6, 6.07) is 6.79. The van der Waals surface area contributed by atoms with Gasteiger partial charge in [0.15, 0.2) is 11.3 Å². The van der Waals surface area contributed by atoms with Crippen molar-refractivity contribution >= 4 is 67.2 Å². The van der Waals surface area contributed by atoms with E-state index in [2.05, 4.69) is 80.7 Å². The minimum absolute atomic E-state index is 0.0136. The van der Waals surface area contributed by atoms with E-state index >= 15 is 0 Å². The molecule has 0 bridgehead atoms. The number of hydrogen-bond acceptors (Lipinski definition) is 10. The Hall–Kier alpha value is -4.32. The van der Waals surface area contributed by atoms with Crippen LogP contribution < -0.4 is 21.7 Å². The van der Waals surface area contributed by atoms with Crippen molar-refractivity contribution in [2.24, 2.45) is 0 Å². The number of aromatic nitrogens is 6. The van der Waals surface area contributed by atoms with Gasteiger partial charge in [0.05, 0.1) is 5.69 Å². The Labute approximate surface area is 293 Å². The largest absolute Gasteiger partial charge is 0.443 e. The first-order valence-corrected chi connectivity index (χ1v) is 16.6. The zero-order chi connectivity index (χ0) is 35.6. The van der Waals surface area contributed by atoms with Crippen molar-refractivity contribution in [3.63, 3.8) is 0 Å². The monoisotopic (exact) mass is 792 g/mol. The Balaban J connectivity index is 0.000000218. The highest BCUT2D eigenvalue weighted by atomic mass is 79.9. The van der Waals surface area contributed by atoms with Crippen LogP contribution in [0, 0.1) is 0 Å². The van der Waals surface area contributed by atoms with E-state index in [0.717, 1.165) is 24.2 Å². The number of carbonyl (C=O) groups is 4. The van der Waals surface area contributed by atoms with Gasteiger partial charge in [-0.05, 0) is 105 Å². The average Bonchev–Trinajstić information content (AvgIpc) is 3.42. The molecule has 1 saturated carbocycles. The van der Waals surface area contributed by atoms with Gasteiger partial charge < -0.3 is 9.47 Å². The van der Waals surface area contributed by atoms with Gasteiger partial charge in [-0.1, -0.05) is 13.8 Å². The van der Waals surface area contributed by atoms with Gasteiger partial charge in [-0.15, -0.1) is 0 Å². The van der Waals surface area contributed by atoms with Crippen LogP contribution in [-0.2, 0) is 21.3 Å². The minimum atomic E-state index is -0.741. The molecule has 0 aliphatic heterocycles. The van der Waals surface area contributed by atoms with E-state index in [-0.39, 0.29) is 16.8 Å². The predicted molar refractivity (Wildman–Crippen MR) is 181 cm³/mol. The topological polar surface area (TPSA) is 195 Å². The first kappa shape index (κ1) is 36.5. The summed E-state index contributed by atoms with van der Waals surface area (Å²) in [6.45, 7) is 14.5. The fourth-order valence-electron chi connectivity index (χ4n) is 4.26. The Morgan fingerprint density at radius 2 is 1.19 bits per heavy atom. The molecular weight excluding hydrogens is 756 g/mol. The number of fused-ring (bicyclic) bond motifs is 2. The van der Waals surface area contributed by atoms with Crippen molar-refractivity contribution in [3.8, 4) is 0 Å². The number of halogens is 2. The number of ether oxygens (including phenoxy) is 2. The Bertz CT molecular complexity index is 1870. The fraction of sp³-hybridized carbons (Fsp3) is 0.467. The molecule has 258 valence electrons. The van der Waals surface area contributed by atoms with Crippen molar-refractivity contribution in [2.75, 3.05) is 0 Å². The van der Waals surface area contributed by atoms with Crippen LogP contribution in [0.2, 0.25) is 0 Å². The lowest BCUT2D eigenvalue weighted by Crippen LogP contribution is -2.44. The second-order valence-corrected chi connectivity index (χ2v) is 14.8. The van der Waals surface area contributed by atoms with Gasteiger partial charge in [-0.25, -0.2) is 39.4 Å². The third-order valence-corrected chi connectivity index (χ3v) is 7.44. The third-order valence-electron chi connectivity index (χ3n) is 6.67. The second-order valence-electron chi connectivity index (χ2n) is 13.2. The predicted octanol–water partition coefficient (Wildman–Crippen LogP) is 4.94. The summed E-state index contributed by atoms with van der Waals surface area (Å²) in [5, 5.41) is 8.63. The van der Waals surface area contributed by atoms with E-state index in [9.17, 15) is 19.2 Å². The van der Waals surface area contributed by atoms with E-state index in [1.807, 2.05) is 6.92 Å². The summed E-state index contributed by atoms with van der Waals surface area (Å²) in [5.74, 6) is -1.05. The molecule has 0 radical (unpaired) electrons. The lowest BCUT2D eigenvalue weighted by atomic mass is 10.0. The van der Waals surface area contributed by atoms with Gasteiger partial charge in [-0.2, -0.15) is 10.2 Å². The lowest BCUT2D eigenvalue weighted by Gasteiger charge is -2.19. The van der Waals surface area contributed by atoms with E-state index in [0.29, 0.717) is 26.9 Å². The summed E-state index contributed by atoms with van der Waals surface area (Å²) in [6.07, 6.45) is 1.26. The maximum Gasteiger partial charge on any atom is 0.426 e. The van der Waals surface area contributed by atoms with E-state index < -0.39 is 35.2 Å². The third kappa shape index (κ3) is 9.62. The fourth-order valence-corrected chi connectivity index (χ4v) is 4.99. The van der Waals surface area contributed by atoms with Gasteiger partial charge in [0.25, 0.3) is 11.8 Å². The molecule has 16 nitrogen and oxygen atoms in total. The quantitative estimate of drug-likeness (QED) is 0.206. The van der Waals surface area contributed by atoms with Crippen LogP contribution in [-0.4, -0.2) is 64.4 Å². The number of carbonyl (C=O) groups excluding carboxylic acids is 4. The molecule has 0 aromatic carbocycles. The Morgan fingerprint density at radius 1 is 0.750 bits per heavy atom. The molecule has 48 heavy (non-hydrogen) atoms. The molecule has 4 N–H and O–H groups in total. The van der Waals surface area contributed by atoms with Crippen LogP contribution in [0.15, 0.2) is 33.5 Å². The number of nitrogens with one attached hydrogen (secondary N) is 4. The van der Waals surface area contributed by atoms with E-state index in [1.54, 1.807) is 74.8 Å². The molecule has 0 unspecified atom stereocenters. The molecule has 18 heteroatoms. The zero-order valence-corrected chi connectivity index (χ0v) is 31.0. The standard InChI is InChI=1S/C16H20BrN5O3.C14H18BrN5O3/c1-15(2,3)25-14(24)20-19-13(23)9-7-10(16(4)5-6-16)22-12(18-9)8-11(17)21-22;1-5-8-6-9(16-11-7-10(15)19-20(8)11)12(21)17-18-13(22)23-14(2,3)4/h7-8H,5-6H2,1-4H3,(H,19,23)(H,20,24);6-7H,5H2,1-4H3,(H,17,21)(H,18,22). The van der Waals surface area contributed by atoms with Crippen LogP contribution >= 0.6 is 31.9 Å². The van der Waals surface area contributed by atoms with Crippen molar-refractivity contribution in [3.05, 3.63) is 56.2 Å². The highest BCUT2D eigenvalue weighted by Gasteiger charge is 2.42. The highest BCUT2D eigenvalue weighted by Crippen LogP contribution is 2.47. The molecule has 4 amide bonds. The molecule has 0 saturated heterocycles. The number of rotatable bonds is 4. The van der Waals surface area contributed by atoms with Gasteiger partial charge in [0.2, 0.25) is 0 Å². The van der Waals surface area contributed by atoms with Gasteiger partial charge in [0.1, 0.15) is 31.8 Å². The molecule has 4 aromatic rings. The van der Waals surface area contributed by atoms with Crippen molar-refractivity contribution in [1.29, 1.82) is 0 Å². The van der Waals surface area contributed by atoms with Crippen LogP contribution in [0.25, 0.3) is 11.3 Å². The number of aryl methyl sites for hydroxylation is 1. The molecule has 1 aliphatic rings. The first-order chi connectivity index (χ1) is 22.3. The van der Waals surface area contributed by atoms with Gasteiger partial charge in [-0.3, -0.25) is 20.4 Å². The van der Waals surface area contributed by atoms with Gasteiger partial charge >= 0.3 is 12.2 Å². The number of hydrogen-bond donors (Lipinski definition) is 4. The SMILES string of the molecule is CC(C)(C)OC(=O)NNC(=O)c1cc(C2(C)CC2)n2nc(Br)cc2n1.CCc1cc(C(=O)NNC(=O)OC(C)(C)C)nc2cc(Br)nn12. The van der Waals surface area contributed by atoms with Crippen molar-refractivity contribution in [2.45, 2.75) is 91.3 Å². The van der Waals surface area contributed by atoms with Crippen LogP contribution in [0.3, 0.4) is 0 Å². The maximum absolute atomic E-state index is 12.4. The molecule has 0 atom stereocenters. The molecule has 4 heterocycles. The second kappa shape index (κ2) is 14.0. The summed E-state index contributed by atoms with van der Waals surface area (Å²) in [4.78, 5) is 56.3. The van der Waals surface area contributed by atoms with Crippen LogP contribution in [0.4, 0.5) is 9.59 Å². The zero-order valence-electron chi connectivity index (χ0n) is 27.8. The number of amides is 4. The van der Waals surface area contributed by atoms with Gasteiger partial charge in [0, 0.05) is 23.2 Å². The lowest BCUT2D eigenvalue weighted by molar-refractivity contribution is 0.0476. The Kier molecular flexibility index (Phi) is 10.7. The molecule has 5 rings (SSSR count). The molecule has 0 spiro atoms. The highest BCUT2D eigenvalue weighted by molar-refractivity contribution is 9.10. The summed E-state index contributed by atoms with van der Waals surface area (Å²) in [5.41, 5.74) is 11.0.